The second kappa shape index (κ2) is 9.24. The third kappa shape index (κ3) is 5.50. The molecule has 0 saturated heterocycles. The molecule has 0 bridgehead atoms. The van der Waals surface area contributed by atoms with Gasteiger partial charge in [0.1, 0.15) is 6.61 Å². The molecule has 0 aliphatic carbocycles. The number of aliphatic carboxylic acids is 1. The molecule has 1 aromatic heterocycles. The molecule has 2 N–H and O–H groups in total. The maximum atomic E-state index is 12.5. The summed E-state index contributed by atoms with van der Waals surface area (Å²) in [5.41, 5.74) is 0.204. The van der Waals surface area contributed by atoms with E-state index in [4.69, 9.17) is 14.6 Å². The van der Waals surface area contributed by atoms with Gasteiger partial charge in [-0.05, 0) is 24.8 Å². The summed E-state index contributed by atoms with van der Waals surface area (Å²) < 4.78 is 5.40. The number of nitrogens with one attached hydrogen (secondary N) is 1. The lowest BCUT2D eigenvalue weighted by Crippen LogP contribution is -2.43. The Hall–Kier alpha value is -2.13. The minimum absolute atomic E-state index is 0.125. The van der Waals surface area contributed by atoms with Crippen molar-refractivity contribution in [1.82, 2.24) is 5.32 Å². The van der Waals surface area contributed by atoms with E-state index in [1.165, 1.54) is 18.8 Å². The third-order valence-electron chi connectivity index (χ3n) is 3.11. The van der Waals surface area contributed by atoms with E-state index < -0.39 is 12.1 Å². The van der Waals surface area contributed by atoms with Gasteiger partial charge in [0, 0.05) is 5.94 Å². The lowest BCUT2D eigenvalue weighted by molar-refractivity contribution is -0.138. The van der Waals surface area contributed by atoms with Crippen molar-refractivity contribution >= 4 is 36.4 Å². The SMILES string of the molecule is CCO/N=C(\C(=O)N[C@@H]1[B]O[C@@H](CC(=O)O)C=CC1)c1cccs1. The van der Waals surface area contributed by atoms with Crippen molar-refractivity contribution in [3.8, 4) is 0 Å². The van der Waals surface area contributed by atoms with Crippen LogP contribution in [0.1, 0.15) is 24.6 Å². The lowest BCUT2D eigenvalue weighted by Gasteiger charge is -2.16. The van der Waals surface area contributed by atoms with Crippen molar-refractivity contribution in [3.05, 3.63) is 34.5 Å². The van der Waals surface area contributed by atoms with Gasteiger partial charge < -0.3 is 19.9 Å². The zero-order chi connectivity index (χ0) is 17.4. The first kappa shape index (κ1) is 18.2. The van der Waals surface area contributed by atoms with Crippen LogP contribution in [-0.2, 0) is 19.1 Å². The van der Waals surface area contributed by atoms with Crippen LogP contribution in [0, 0.1) is 0 Å². The molecule has 0 aromatic carbocycles. The Balaban J connectivity index is 1.97. The van der Waals surface area contributed by atoms with Gasteiger partial charge in [0.2, 0.25) is 0 Å². The van der Waals surface area contributed by atoms with Crippen molar-refractivity contribution in [3.63, 3.8) is 0 Å². The second-order valence-electron chi connectivity index (χ2n) is 4.99. The molecule has 127 valence electrons. The number of amides is 1. The topological polar surface area (TPSA) is 97.2 Å². The Morgan fingerprint density at radius 1 is 1.58 bits per heavy atom. The Bertz CT molecular complexity index is 617. The van der Waals surface area contributed by atoms with Crippen LogP contribution in [-0.4, -0.2) is 48.8 Å². The summed E-state index contributed by atoms with van der Waals surface area (Å²) in [7, 11) is 1.46. The summed E-state index contributed by atoms with van der Waals surface area (Å²) >= 11 is 1.39. The Kier molecular flexibility index (Phi) is 7.01. The minimum atomic E-state index is -0.940. The number of hydrogen-bond acceptors (Lipinski definition) is 6. The van der Waals surface area contributed by atoms with Crippen molar-refractivity contribution in [2.45, 2.75) is 31.8 Å². The van der Waals surface area contributed by atoms with E-state index in [0.29, 0.717) is 17.9 Å². The first-order chi connectivity index (χ1) is 11.6. The normalized spacial score (nSPS) is 20.8. The minimum Gasteiger partial charge on any atom is -0.481 e. The number of oxime groups is 1. The average Bonchev–Trinajstić information content (AvgIpc) is 2.97. The number of carboxylic acids is 1. The third-order valence-corrected chi connectivity index (χ3v) is 3.98. The van der Waals surface area contributed by atoms with Crippen molar-refractivity contribution in [2.24, 2.45) is 5.16 Å². The van der Waals surface area contributed by atoms with E-state index in [9.17, 15) is 9.59 Å². The summed E-state index contributed by atoms with van der Waals surface area (Å²) in [6.45, 7) is 2.15. The second-order valence-corrected chi connectivity index (χ2v) is 5.93. The molecular formula is C15H18BN2O5S. The first-order valence-electron chi connectivity index (χ1n) is 7.52. The standard InChI is InChI=1S/C15H18BN2O5S/c1-2-22-18-14(11-6-4-8-24-11)15(21)17-12-7-3-5-10(23-16-12)9-13(19)20/h3-6,8,10,12H,2,7,9H2,1H3,(H,17,21)(H,19,20)/b18-14-/t10-,12+/m1/s1. The summed E-state index contributed by atoms with van der Waals surface area (Å²) in [6, 6.07) is 3.62. The predicted molar refractivity (Wildman–Crippen MR) is 91.0 cm³/mol. The van der Waals surface area contributed by atoms with E-state index >= 15 is 0 Å². The van der Waals surface area contributed by atoms with Gasteiger partial charge in [0.15, 0.2) is 5.71 Å². The van der Waals surface area contributed by atoms with Crippen LogP contribution in [0.5, 0.6) is 0 Å². The fourth-order valence-electron chi connectivity index (χ4n) is 2.03. The number of hydrogen-bond donors (Lipinski definition) is 2. The monoisotopic (exact) mass is 349 g/mol. The van der Waals surface area contributed by atoms with Gasteiger partial charge in [-0.25, -0.2) is 0 Å². The van der Waals surface area contributed by atoms with Gasteiger partial charge in [0.05, 0.1) is 17.4 Å². The van der Waals surface area contributed by atoms with Crippen LogP contribution in [0.25, 0.3) is 0 Å². The average molecular weight is 349 g/mol. The molecule has 1 amide bonds. The smallest absolute Gasteiger partial charge is 0.317 e. The van der Waals surface area contributed by atoms with Gasteiger partial charge in [-0.3, -0.25) is 9.59 Å². The predicted octanol–water partition coefficient (Wildman–Crippen LogP) is 1.37. The Labute approximate surface area is 144 Å². The molecule has 2 atom stereocenters. The lowest BCUT2D eigenvalue weighted by atomic mass is 9.85. The summed E-state index contributed by atoms with van der Waals surface area (Å²) in [5, 5.41) is 17.4. The number of thiophene rings is 1. The highest BCUT2D eigenvalue weighted by Gasteiger charge is 2.24. The van der Waals surface area contributed by atoms with E-state index in [1.807, 2.05) is 11.4 Å². The molecule has 1 aliphatic heterocycles. The van der Waals surface area contributed by atoms with Crippen LogP contribution in [0.3, 0.4) is 0 Å². The maximum Gasteiger partial charge on any atom is 0.317 e. The Morgan fingerprint density at radius 3 is 3.08 bits per heavy atom. The number of rotatable bonds is 7. The highest BCUT2D eigenvalue weighted by molar-refractivity contribution is 7.13. The fraction of sp³-hybridized carbons (Fsp3) is 0.400. The van der Waals surface area contributed by atoms with Crippen LogP contribution in [0.15, 0.2) is 34.8 Å². The van der Waals surface area contributed by atoms with Crippen LogP contribution < -0.4 is 5.32 Å². The molecule has 24 heavy (non-hydrogen) atoms. The number of carbonyl (C=O) groups is 2. The summed E-state index contributed by atoms with van der Waals surface area (Å²) in [6.07, 6.45) is 3.34. The molecule has 1 radical (unpaired) electrons. The van der Waals surface area contributed by atoms with E-state index in [-0.39, 0.29) is 24.0 Å². The number of carbonyl (C=O) groups excluding carboxylic acids is 1. The van der Waals surface area contributed by atoms with Gasteiger partial charge >= 0.3 is 13.5 Å². The molecule has 0 spiro atoms. The highest BCUT2D eigenvalue weighted by Crippen LogP contribution is 2.12. The molecule has 0 fully saturated rings. The molecular weight excluding hydrogens is 331 g/mol. The number of nitrogens with zero attached hydrogens (tertiary/aromatic N) is 1. The number of carboxylic acid groups (broad SMARTS) is 1. The molecule has 0 saturated carbocycles. The maximum absolute atomic E-state index is 12.5. The van der Waals surface area contributed by atoms with Crippen molar-refractivity contribution in [1.29, 1.82) is 0 Å². The molecule has 7 nitrogen and oxygen atoms in total. The van der Waals surface area contributed by atoms with E-state index in [2.05, 4.69) is 10.5 Å². The summed E-state index contributed by atoms with van der Waals surface area (Å²) in [4.78, 5) is 28.9. The van der Waals surface area contributed by atoms with Crippen molar-refractivity contribution < 1.29 is 24.2 Å². The van der Waals surface area contributed by atoms with Crippen LogP contribution in [0.2, 0.25) is 0 Å². The van der Waals surface area contributed by atoms with E-state index in [1.54, 1.807) is 25.1 Å². The van der Waals surface area contributed by atoms with Gasteiger partial charge in [0.25, 0.3) is 5.91 Å². The molecule has 9 heteroatoms. The zero-order valence-corrected chi connectivity index (χ0v) is 14.0. The summed E-state index contributed by atoms with van der Waals surface area (Å²) in [5.74, 6) is -1.69. The molecule has 1 aromatic rings. The fourth-order valence-corrected chi connectivity index (χ4v) is 2.73. The van der Waals surface area contributed by atoms with E-state index in [0.717, 1.165) is 0 Å². The molecule has 2 rings (SSSR count). The largest absolute Gasteiger partial charge is 0.481 e. The van der Waals surface area contributed by atoms with Gasteiger partial charge in [-0.2, -0.15) is 0 Å². The van der Waals surface area contributed by atoms with Crippen molar-refractivity contribution in [2.75, 3.05) is 6.61 Å². The van der Waals surface area contributed by atoms with Crippen LogP contribution >= 0.6 is 11.3 Å². The van der Waals surface area contributed by atoms with Gasteiger partial charge in [-0.15, -0.1) is 11.3 Å². The molecule has 2 heterocycles. The molecule has 0 unspecified atom stereocenters. The van der Waals surface area contributed by atoms with Gasteiger partial charge in [-0.1, -0.05) is 23.4 Å². The molecule has 1 aliphatic rings. The van der Waals surface area contributed by atoms with Crippen LogP contribution in [0.4, 0.5) is 0 Å². The zero-order valence-electron chi connectivity index (χ0n) is 13.2. The quantitative estimate of drug-likeness (QED) is 0.335. The first-order valence-corrected chi connectivity index (χ1v) is 8.40. The highest BCUT2D eigenvalue weighted by atomic mass is 32.1. The Morgan fingerprint density at radius 2 is 2.42 bits per heavy atom.